The number of nitro groups is 1. The summed E-state index contributed by atoms with van der Waals surface area (Å²) in [6, 6.07) is 5.87. The van der Waals surface area contributed by atoms with Crippen molar-refractivity contribution in [3.05, 3.63) is 62.5 Å². The molecule has 0 aliphatic carbocycles. The number of nitro benzene ring substituents is 1. The van der Waals surface area contributed by atoms with Gasteiger partial charge >= 0.3 is 12.0 Å². The van der Waals surface area contributed by atoms with Crippen molar-refractivity contribution in [1.82, 2.24) is 10.6 Å². The van der Waals surface area contributed by atoms with E-state index < -0.39 is 23.0 Å². The number of benzene rings is 1. The summed E-state index contributed by atoms with van der Waals surface area (Å²) in [4.78, 5) is 34.5. The molecule has 0 saturated carbocycles. The topological polar surface area (TPSA) is 124 Å². The maximum absolute atomic E-state index is 12.3. The van der Waals surface area contributed by atoms with Gasteiger partial charge in [0.2, 0.25) is 0 Å². The molecule has 146 valence electrons. The second kappa shape index (κ2) is 7.73. The van der Waals surface area contributed by atoms with Crippen molar-refractivity contribution in [2.24, 2.45) is 0 Å². The Hall–Kier alpha value is -3.33. The minimum absolute atomic E-state index is 0.141. The first-order chi connectivity index (χ1) is 13.3. The fourth-order valence-corrected chi connectivity index (χ4v) is 3.12. The fourth-order valence-electron chi connectivity index (χ4n) is 2.86. The van der Waals surface area contributed by atoms with Gasteiger partial charge in [0.05, 0.1) is 22.1 Å². The number of esters is 1. The third-order valence-electron chi connectivity index (χ3n) is 4.10. The normalized spacial score (nSPS) is 16.4. The summed E-state index contributed by atoms with van der Waals surface area (Å²) in [6.45, 7) is 3.45. The molecule has 9 nitrogen and oxygen atoms in total. The number of nitrogens with one attached hydrogen (secondary N) is 2. The van der Waals surface area contributed by atoms with Crippen molar-refractivity contribution < 1.29 is 23.7 Å². The lowest BCUT2D eigenvalue weighted by Crippen LogP contribution is -2.45. The van der Waals surface area contributed by atoms with Crippen molar-refractivity contribution in [1.29, 1.82) is 0 Å². The first kappa shape index (κ1) is 19.4. The Bertz CT molecular complexity index is 997. The van der Waals surface area contributed by atoms with E-state index in [0.29, 0.717) is 22.8 Å². The van der Waals surface area contributed by atoms with Crippen molar-refractivity contribution in [3.8, 4) is 11.3 Å². The molecule has 1 atom stereocenters. The molecule has 28 heavy (non-hydrogen) atoms. The molecular weight excluding hydrogens is 390 g/mol. The summed E-state index contributed by atoms with van der Waals surface area (Å²) in [5.41, 5.74) is 0.877. The van der Waals surface area contributed by atoms with Crippen molar-refractivity contribution in [2.75, 3.05) is 6.61 Å². The SMILES string of the molecule is CCOC(=O)C1=C(C)NC(=O)N[C@H]1c1ccc(-c2ccc([N+](=O)[O-])cc2Cl)o1. The van der Waals surface area contributed by atoms with Crippen molar-refractivity contribution >= 4 is 29.3 Å². The van der Waals surface area contributed by atoms with E-state index in [0.717, 1.165) is 0 Å². The smallest absolute Gasteiger partial charge is 0.338 e. The average Bonchev–Trinajstić information content (AvgIpc) is 3.10. The lowest BCUT2D eigenvalue weighted by atomic mass is 10.0. The molecule has 0 fully saturated rings. The largest absolute Gasteiger partial charge is 0.463 e. The number of hydrogen-bond donors (Lipinski definition) is 2. The van der Waals surface area contributed by atoms with Crippen LogP contribution in [0.5, 0.6) is 0 Å². The minimum Gasteiger partial charge on any atom is -0.463 e. The molecule has 2 heterocycles. The number of urea groups is 1. The standard InChI is InChI=1S/C18H16ClN3O6/c1-3-27-17(23)15-9(2)20-18(24)21-16(15)14-7-6-13(28-14)11-5-4-10(22(25)26)8-12(11)19/h4-8,16H,3H2,1-2H3,(H2,20,21,24)/t16-/m0/s1. The molecule has 1 aliphatic heterocycles. The number of amides is 2. The molecule has 0 unspecified atom stereocenters. The van der Waals surface area contributed by atoms with Gasteiger partial charge in [-0.2, -0.15) is 0 Å². The van der Waals surface area contributed by atoms with E-state index in [4.69, 9.17) is 20.8 Å². The van der Waals surface area contributed by atoms with E-state index in [1.165, 1.54) is 18.2 Å². The highest BCUT2D eigenvalue weighted by Gasteiger charge is 2.34. The number of furan rings is 1. The molecule has 1 aromatic carbocycles. The molecular formula is C18H16ClN3O6. The lowest BCUT2D eigenvalue weighted by molar-refractivity contribution is -0.384. The molecule has 0 radical (unpaired) electrons. The first-order valence-corrected chi connectivity index (χ1v) is 8.69. The summed E-state index contributed by atoms with van der Waals surface area (Å²) < 4.78 is 10.9. The number of nitrogens with zero attached hydrogens (tertiary/aromatic N) is 1. The Kier molecular flexibility index (Phi) is 5.36. The van der Waals surface area contributed by atoms with Crippen LogP contribution in [0.15, 0.2) is 46.0 Å². The van der Waals surface area contributed by atoms with Crippen LogP contribution in [-0.2, 0) is 9.53 Å². The van der Waals surface area contributed by atoms with Gasteiger partial charge in [-0.25, -0.2) is 9.59 Å². The number of allylic oxidation sites excluding steroid dienone is 1. The number of hydrogen-bond acceptors (Lipinski definition) is 6. The molecule has 3 rings (SSSR count). The quantitative estimate of drug-likeness (QED) is 0.444. The number of carbonyl (C=O) groups is 2. The Labute approximate surface area is 164 Å². The fraction of sp³-hybridized carbons (Fsp3) is 0.222. The third kappa shape index (κ3) is 3.70. The van der Waals surface area contributed by atoms with Gasteiger partial charge in [0.1, 0.15) is 17.6 Å². The number of rotatable bonds is 5. The number of halogens is 1. The van der Waals surface area contributed by atoms with E-state index in [2.05, 4.69) is 10.6 Å². The van der Waals surface area contributed by atoms with Crippen LogP contribution in [0, 0.1) is 10.1 Å². The summed E-state index contributed by atoms with van der Waals surface area (Å²) >= 11 is 6.14. The first-order valence-electron chi connectivity index (χ1n) is 8.31. The second-order valence-electron chi connectivity index (χ2n) is 5.91. The Morgan fingerprint density at radius 1 is 1.36 bits per heavy atom. The second-order valence-corrected chi connectivity index (χ2v) is 6.32. The molecule has 1 aliphatic rings. The summed E-state index contributed by atoms with van der Waals surface area (Å²) in [5, 5.41) is 16.2. The summed E-state index contributed by atoms with van der Waals surface area (Å²) in [6.07, 6.45) is 0. The molecule has 0 spiro atoms. The van der Waals surface area contributed by atoms with E-state index in [9.17, 15) is 19.7 Å². The van der Waals surface area contributed by atoms with E-state index in [-0.39, 0.29) is 22.9 Å². The Morgan fingerprint density at radius 2 is 2.11 bits per heavy atom. The number of ether oxygens (including phenoxy) is 1. The molecule has 2 aromatic rings. The molecule has 1 aromatic heterocycles. The van der Waals surface area contributed by atoms with Crippen LogP contribution >= 0.6 is 11.6 Å². The number of non-ortho nitro benzene ring substituents is 1. The molecule has 0 bridgehead atoms. The van der Waals surface area contributed by atoms with Gasteiger partial charge < -0.3 is 19.8 Å². The predicted octanol–water partition coefficient (Wildman–Crippen LogP) is 3.70. The molecule has 2 amide bonds. The lowest BCUT2D eigenvalue weighted by Gasteiger charge is -2.26. The maximum atomic E-state index is 12.3. The van der Waals surface area contributed by atoms with Crippen LogP contribution in [0.25, 0.3) is 11.3 Å². The van der Waals surface area contributed by atoms with E-state index in [1.54, 1.807) is 26.0 Å². The van der Waals surface area contributed by atoms with Gasteiger partial charge in [-0.1, -0.05) is 11.6 Å². The van der Waals surface area contributed by atoms with Gasteiger partial charge in [-0.05, 0) is 32.0 Å². The van der Waals surface area contributed by atoms with Gasteiger partial charge in [0.25, 0.3) is 5.69 Å². The molecule has 0 saturated heterocycles. The summed E-state index contributed by atoms with van der Waals surface area (Å²) in [5.74, 6) is 0.0500. The Balaban J connectivity index is 1.98. The van der Waals surface area contributed by atoms with Crippen LogP contribution < -0.4 is 10.6 Å². The van der Waals surface area contributed by atoms with Gasteiger partial charge in [-0.15, -0.1) is 0 Å². The van der Waals surface area contributed by atoms with Crippen LogP contribution in [0.4, 0.5) is 10.5 Å². The van der Waals surface area contributed by atoms with Crippen LogP contribution in [0.1, 0.15) is 25.6 Å². The summed E-state index contributed by atoms with van der Waals surface area (Å²) in [7, 11) is 0. The molecule has 2 N–H and O–H groups in total. The molecule has 10 heteroatoms. The predicted molar refractivity (Wildman–Crippen MR) is 99.5 cm³/mol. The number of carbonyl (C=O) groups excluding carboxylic acids is 2. The van der Waals surface area contributed by atoms with Gasteiger partial charge in [-0.3, -0.25) is 10.1 Å². The zero-order valence-corrected chi connectivity index (χ0v) is 15.7. The highest BCUT2D eigenvalue weighted by molar-refractivity contribution is 6.33. The van der Waals surface area contributed by atoms with Crippen LogP contribution in [0.2, 0.25) is 5.02 Å². The Morgan fingerprint density at radius 3 is 2.75 bits per heavy atom. The van der Waals surface area contributed by atoms with E-state index >= 15 is 0 Å². The van der Waals surface area contributed by atoms with Gasteiger partial charge in [0.15, 0.2) is 0 Å². The monoisotopic (exact) mass is 405 g/mol. The van der Waals surface area contributed by atoms with Gasteiger partial charge in [0, 0.05) is 23.4 Å². The minimum atomic E-state index is -0.849. The van der Waals surface area contributed by atoms with Crippen LogP contribution in [-0.4, -0.2) is 23.5 Å². The van der Waals surface area contributed by atoms with E-state index in [1.807, 2.05) is 0 Å². The van der Waals surface area contributed by atoms with Crippen molar-refractivity contribution in [3.63, 3.8) is 0 Å². The zero-order chi connectivity index (χ0) is 20.4. The average molecular weight is 406 g/mol. The van der Waals surface area contributed by atoms with Crippen LogP contribution in [0.3, 0.4) is 0 Å². The maximum Gasteiger partial charge on any atom is 0.338 e. The highest BCUT2D eigenvalue weighted by atomic mass is 35.5. The van der Waals surface area contributed by atoms with Crippen molar-refractivity contribution in [2.45, 2.75) is 19.9 Å². The highest BCUT2D eigenvalue weighted by Crippen LogP contribution is 2.35. The third-order valence-corrected chi connectivity index (χ3v) is 4.42. The zero-order valence-electron chi connectivity index (χ0n) is 14.9.